The zero-order chi connectivity index (χ0) is 20.2. The minimum atomic E-state index is -0.633. The van der Waals surface area contributed by atoms with Crippen LogP contribution in [-0.2, 0) is 24.3 Å². The SMILES string of the molecule is C[C@H](Oc1ccc(Cl)cc1)C(=O)Nc1nc2c(s1)CN(Cc1ccccc1)CC2. The summed E-state index contributed by atoms with van der Waals surface area (Å²) in [6, 6.07) is 17.4. The number of amides is 1. The van der Waals surface area contributed by atoms with E-state index < -0.39 is 6.10 Å². The van der Waals surface area contributed by atoms with Gasteiger partial charge < -0.3 is 4.74 Å². The van der Waals surface area contributed by atoms with Crippen molar-refractivity contribution in [3.63, 3.8) is 0 Å². The van der Waals surface area contributed by atoms with Gasteiger partial charge in [0.05, 0.1) is 5.69 Å². The fourth-order valence-electron chi connectivity index (χ4n) is 3.26. The molecule has 29 heavy (non-hydrogen) atoms. The number of fused-ring (bicyclic) bond motifs is 1. The maximum Gasteiger partial charge on any atom is 0.266 e. The number of ether oxygens (including phenoxy) is 1. The van der Waals surface area contributed by atoms with Crippen molar-refractivity contribution in [3.05, 3.63) is 75.8 Å². The van der Waals surface area contributed by atoms with Gasteiger partial charge >= 0.3 is 0 Å². The van der Waals surface area contributed by atoms with Crippen molar-refractivity contribution in [2.75, 3.05) is 11.9 Å². The van der Waals surface area contributed by atoms with Crippen LogP contribution in [0.3, 0.4) is 0 Å². The van der Waals surface area contributed by atoms with Crippen molar-refractivity contribution >= 4 is 34.0 Å². The number of thiazole rings is 1. The fourth-order valence-corrected chi connectivity index (χ4v) is 4.44. The molecule has 3 aromatic rings. The van der Waals surface area contributed by atoms with E-state index in [1.165, 1.54) is 10.4 Å². The number of hydrogen-bond acceptors (Lipinski definition) is 5. The van der Waals surface area contributed by atoms with Crippen LogP contribution < -0.4 is 10.1 Å². The third kappa shape index (κ3) is 5.15. The molecule has 0 bridgehead atoms. The minimum Gasteiger partial charge on any atom is -0.481 e. The zero-order valence-corrected chi connectivity index (χ0v) is 17.7. The molecule has 1 aliphatic rings. The summed E-state index contributed by atoms with van der Waals surface area (Å²) >= 11 is 7.42. The number of nitrogens with zero attached hydrogens (tertiary/aromatic N) is 2. The third-order valence-corrected chi connectivity index (χ3v) is 6.03. The highest BCUT2D eigenvalue weighted by molar-refractivity contribution is 7.15. The van der Waals surface area contributed by atoms with Crippen LogP contribution >= 0.6 is 22.9 Å². The summed E-state index contributed by atoms with van der Waals surface area (Å²) in [6.07, 6.45) is 0.262. The molecule has 0 spiro atoms. The molecule has 0 aliphatic carbocycles. The highest BCUT2D eigenvalue weighted by Gasteiger charge is 2.23. The van der Waals surface area contributed by atoms with Crippen LogP contribution in [0.4, 0.5) is 5.13 Å². The van der Waals surface area contributed by atoms with Gasteiger partial charge in [-0.15, -0.1) is 11.3 Å². The highest BCUT2D eigenvalue weighted by Crippen LogP contribution is 2.29. The van der Waals surface area contributed by atoms with Crippen LogP contribution in [0, 0.1) is 0 Å². The largest absolute Gasteiger partial charge is 0.481 e. The molecule has 7 heteroatoms. The maximum absolute atomic E-state index is 12.5. The van der Waals surface area contributed by atoms with Gasteiger partial charge in [-0.3, -0.25) is 15.0 Å². The monoisotopic (exact) mass is 427 g/mol. The molecule has 1 aliphatic heterocycles. The number of benzene rings is 2. The second-order valence-electron chi connectivity index (χ2n) is 7.04. The molecule has 150 valence electrons. The first-order chi connectivity index (χ1) is 14.1. The lowest BCUT2D eigenvalue weighted by molar-refractivity contribution is -0.122. The lowest BCUT2D eigenvalue weighted by Gasteiger charge is -2.25. The van der Waals surface area contributed by atoms with E-state index in [-0.39, 0.29) is 5.91 Å². The lowest BCUT2D eigenvalue weighted by atomic mass is 10.1. The Balaban J connectivity index is 1.35. The first-order valence-electron chi connectivity index (χ1n) is 9.55. The average Bonchev–Trinajstić information content (AvgIpc) is 3.12. The van der Waals surface area contributed by atoms with E-state index in [0.717, 1.165) is 31.7 Å². The number of hydrogen-bond donors (Lipinski definition) is 1. The number of rotatable bonds is 6. The first-order valence-corrected chi connectivity index (χ1v) is 10.7. The van der Waals surface area contributed by atoms with E-state index in [9.17, 15) is 4.79 Å². The van der Waals surface area contributed by atoms with Gasteiger partial charge in [-0.05, 0) is 36.8 Å². The molecule has 1 amide bonds. The quantitative estimate of drug-likeness (QED) is 0.616. The molecule has 0 fully saturated rings. The number of anilines is 1. The van der Waals surface area contributed by atoms with E-state index >= 15 is 0 Å². The summed E-state index contributed by atoms with van der Waals surface area (Å²) in [7, 11) is 0. The fraction of sp³-hybridized carbons (Fsp3) is 0.273. The Labute approximate surface area is 179 Å². The number of aromatic nitrogens is 1. The van der Waals surface area contributed by atoms with Crippen molar-refractivity contribution in [2.24, 2.45) is 0 Å². The van der Waals surface area contributed by atoms with Gasteiger partial charge in [-0.1, -0.05) is 41.9 Å². The Bertz CT molecular complexity index is 975. The molecule has 5 nitrogen and oxygen atoms in total. The van der Waals surface area contributed by atoms with Crippen molar-refractivity contribution in [2.45, 2.75) is 32.5 Å². The van der Waals surface area contributed by atoms with Gasteiger partial charge in [0.25, 0.3) is 5.91 Å². The molecule has 2 heterocycles. The van der Waals surface area contributed by atoms with Crippen LogP contribution in [0.1, 0.15) is 23.1 Å². The van der Waals surface area contributed by atoms with Crippen LogP contribution in [0.15, 0.2) is 54.6 Å². The second-order valence-corrected chi connectivity index (χ2v) is 8.56. The van der Waals surface area contributed by atoms with E-state index in [1.54, 1.807) is 42.5 Å². The van der Waals surface area contributed by atoms with E-state index in [4.69, 9.17) is 16.3 Å². The number of carbonyl (C=O) groups is 1. The Morgan fingerprint density at radius 2 is 2.00 bits per heavy atom. The summed E-state index contributed by atoms with van der Waals surface area (Å²) in [5.41, 5.74) is 2.39. The van der Waals surface area contributed by atoms with Crippen molar-refractivity contribution in [1.82, 2.24) is 9.88 Å². The minimum absolute atomic E-state index is 0.216. The number of carbonyl (C=O) groups excluding carboxylic acids is 1. The summed E-state index contributed by atoms with van der Waals surface area (Å²) in [4.78, 5) is 20.7. The zero-order valence-electron chi connectivity index (χ0n) is 16.1. The standard InChI is InChI=1S/C22H22ClN3O2S/c1-15(28-18-9-7-17(23)8-10-18)21(27)25-22-24-19-11-12-26(14-20(19)29-22)13-16-5-3-2-4-6-16/h2-10,15H,11-14H2,1H3,(H,24,25,27)/t15-/m0/s1. The first kappa shape index (κ1) is 19.9. The van der Waals surface area contributed by atoms with Crippen LogP contribution in [-0.4, -0.2) is 28.4 Å². The molecular formula is C22H22ClN3O2S. The molecular weight excluding hydrogens is 406 g/mol. The van der Waals surface area contributed by atoms with Gasteiger partial charge in [0, 0.05) is 36.0 Å². The Kier molecular flexibility index (Phi) is 6.13. The molecule has 2 aromatic carbocycles. The van der Waals surface area contributed by atoms with Gasteiger partial charge in [0.15, 0.2) is 11.2 Å². The molecule has 4 rings (SSSR count). The Morgan fingerprint density at radius 1 is 1.24 bits per heavy atom. The molecule has 0 saturated carbocycles. The van der Waals surface area contributed by atoms with E-state index in [1.807, 2.05) is 6.07 Å². The average molecular weight is 428 g/mol. The maximum atomic E-state index is 12.5. The van der Waals surface area contributed by atoms with E-state index in [2.05, 4.69) is 39.5 Å². The molecule has 1 atom stereocenters. The normalized spacial score (nSPS) is 14.8. The van der Waals surface area contributed by atoms with Crippen molar-refractivity contribution < 1.29 is 9.53 Å². The molecule has 0 radical (unpaired) electrons. The predicted octanol–water partition coefficient (Wildman–Crippen LogP) is 4.76. The molecule has 0 saturated heterocycles. The lowest BCUT2D eigenvalue weighted by Crippen LogP contribution is -2.30. The van der Waals surface area contributed by atoms with Gasteiger partial charge in [0.2, 0.25) is 0 Å². The summed E-state index contributed by atoms with van der Waals surface area (Å²) in [5, 5.41) is 4.16. The summed E-state index contributed by atoms with van der Waals surface area (Å²) in [6.45, 7) is 4.47. The third-order valence-electron chi connectivity index (χ3n) is 4.79. The van der Waals surface area contributed by atoms with Gasteiger partial charge in [-0.2, -0.15) is 0 Å². The van der Waals surface area contributed by atoms with E-state index in [0.29, 0.717) is 15.9 Å². The molecule has 0 unspecified atom stereocenters. The van der Waals surface area contributed by atoms with Gasteiger partial charge in [-0.25, -0.2) is 4.98 Å². The van der Waals surface area contributed by atoms with Crippen molar-refractivity contribution in [3.8, 4) is 5.75 Å². The molecule has 1 N–H and O–H groups in total. The topological polar surface area (TPSA) is 54.5 Å². The van der Waals surface area contributed by atoms with Crippen molar-refractivity contribution in [1.29, 1.82) is 0 Å². The highest BCUT2D eigenvalue weighted by atomic mass is 35.5. The number of nitrogens with one attached hydrogen (secondary N) is 1. The summed E-state index contributed by atoms with van der Waals surface area (Å²) in [5.74, 6) is 0.388. The van der Waals surface area contributed by atoms with Crippen LogP contribution in [0.2, 0.25) is 5.02 Å². The van der Waals surface area contributed by atoms with Crippen LogP contribution in [0.25, 0.3) is 0 Å². The van der Waals surface area contributed by atoms with Gasteiger partial charge in [0.1, 0.15) is 5.75 Å². The Hall–Kier alpha value is -2.41. The smallest absolute Gasteiger partial charge is 0.266 e. The second kappa shape index (κ2) is 8.95. The Morgan fingerprint density at radius 3 is 2.76 bits per heavy atom. The number of halogens is 1. The molecule has 1 aromatic heterocycles. The predicted molar refractivity (Wildman–Crippen MR) is 117 cm³/mol. The summed E-state index contributed by atoms with van der Waals surface area (Å²) < 4.78 is 5.69. The van der Waals surface area contributed by atoms with Crippen LogP contribution in [0.5, 0.6) is 5.75 Å².